The van der Waals surface area contributed by atoms with E-state index >= 15 is 0 Å². The number of nitrogens with one attached hydrogen (secondary N) is 5. The number of aromatic hydroxyl groups is 1. The summed E-state index contributed by atoms with van der Waals surface area (Å²) in [6.07, 6.45) is 9.58. The summed E-state index contributed by atoms with van der Waals surface area (Å²) in [7, 11) is 0. The number of aromatic carboxylic acids is 1. The minimum absolute atomic E-state index is 0.000480. The zero-order valence-electron chi connectivity index (χ0n) is 43.1. The van der Waals surface area contributed by atoms with Gasteiger partial charge in [0.05, 0.1) is 63.0 Å². The van der Waals surface area contributed by atoms with E-state index in [1.165, 1.54) is 18.2 Å². The number of hydrogen-bond acceptors (Lipinski definition) is 15. The van der Waals surface area contributed by atoms with E-state index in [-0.39, 0.29) is 77.5 Å². The smallest absolute Gasteiger partial charge is 0.337 e. The summed E-state index contributed by atoms with van der Waals surface area (Å²) in [5.74, 6) is 5.65. The van der Waals surface area contributed by atoms with Gasteiger partial charge in [-0.2, -0.15) is 11.8 Å². The third-order valence-electron chi connectivity index (χ3n) is 12.2. The molecule has 2 aliphatic rings. The number of carbonyl (C=O) groups excluding carboxylic acids is 4. The van der Waals surface area contributed by atoms with Gasteiger partial charge in [-0.1, -0.05) is 23.6 Å². The normalized spacial score (nSPS) is 15.6. The molecule has 0 bridgehead atoms. The van der Waals surface area contributed by atoms with Gasteiger partial charge in [0.25, 0.3) is 0 Å². The summed E-state index contributed by atoms with van der Waals surface area (Å²) < 4.78 is 24.3. The molecule has 3 heterocycles. The number of aromatic nitrogens is 3. The van der Waals surface area contributed by atoms with Crippen LogP contribution in [0.4, 0.5) is 21.9 Å². The van der Waals surface area contributed by atoms with Crippen LogP contribution >= 0.6 is 11.8 Å². The summed E-state index contributed by atoms with van der Waals surface area (Å²) in [6.45, 7) is 5.40. The predicted molar refractivity (Wildman–Crippen MR) is 286 cm³/mol. The molecule has 76 heavy (non-hydrogen) atoms. The number of nitrogens with zero attached hydrogens (tertiary/aromatic N) is 5. The third kappa shape index (κ3) is 20.9. The lowest BCUT2D eigenvalue weighted by Gasteiger charge is -2.16. The minimum Gasteiger partial charge on any atom is -0.508 e. The average molecular weight is 1070 g/mol. The molecule has 4 aromatic rings. The molecule has 22 heteroatoms. The highest BCUT2D eigenvalue weighted by molar-refractivity contribution is 8.00. The first kappa shape index (κ1) is 58.2. The Morgan fingerprint density at radius 3 is 2.25 bits per heavy atom. The number of phenolic OH excluding ortho intramolecular Hbond substituents is 1. The molecular weight excluding hydrogens is 997 g/mol. The lowest BCUT2D eigenvalue weighted by atomic mass is 10.0. The number of hydrogen-bond donors (Lipinski definition) is 7. The number of carboxylic acids is 1. The van der Waals surface area contributed by atoms with E-state index in [4.69, 9.17) is 18.9 Å². The number of carbonyl (C=O) groups is 5. The quantitative estimate of drug-likeness (QED) is 0.0110. The number of phenols is 1. The van der Waals surface area contributed by atoms with Crippen molar-refractivity contribution in [2.24, 2.45) is 10.2 Å². The summed E-state index contributed by atoms with van der Waals surface area (Å²) >= 11 is 1.88. The number of aryl methyl sites for hydroxylation is 3. The van der Waals surface area contributed by atoms with Crippen LogP contribution in [0.2, 0.25) is 0 Å². The molecule has 1 aromatic heterocycles. The lowest BCUT2D eigenvalue weighted by Crippen LogP contribution is -2.36. The topological polar surface area (TPSA) is 278 Å². The maximum atomic E-state index is 12.5. The number of anilines is 1. The van der Waals surface area contributed by atoms with Crippen molar-refractivity contribution in [2.75, 3.05) is 70.4 Å². The van der Waals surface area contributed by atoms with Gasteiger partial charge in [-0.25, -0.2) is 9.59 Å². The van der Waals surface area contributed by atoms with Crippen molar-refractivity contribution in [1.29, 1.82) is 0 Å². The van der Waals surface area contributed by atoms with Crippen molar-refractivity contribution in [3.8, 4) is 23.3 Å². The predicted octanol–water partition coefficient (Wildman–Crippen LogP) is 6.62. The standard InChI is InChI=1S/C54H70N10O11S/c1-2-9-38-16-19-40(20-17-38)57-51(68)14-5-6-26-64-36-41(60-63-64)11-7-15-50(67)55-24-8-10-39-18-22-44(43(34-39)53(69)70)61-62-45-23-21-42(65)35-47(45)75-33-32-74-31-30-73-29-28-72-27-25-56-49(66)13-4-3-12-48-52-46(37-76-48)58-54(71)59-52/h16-23,34-36,46,48,52,65H,3-8,10-15,24-33,37H2,1H3,(H,55,67)(H,56,66)(H,57,68)(H,69,70)(H2,58,59,71)/b62-61+/t46?,48-,52?/m0/s1. The van der Waals surface area contributed by atoms with Gasteiger partial charge >= 0.3 is 12.0 Å². The molecule has 21 nitrogen and oxygen atoms in total. The number of carboxylic acid groups (broad SMARTS) is 1. The van der Waals surface area contributed by atoms with Gasteiger partial charge in [0, 0.05) is 73.4 Å². The second kappa shape index (κ2) is 32.4. The molecule has 0 saturated carbocycles. The van der Waals surface area contributed by atoms with Crippen LogP contribution in [-0.2, 0) is 48.0 Å². The highest BCUT2D eigenvalue weighted by Gasteiger charge is 2.42. The van der Waals surface area contributed by atoms with Crippen LogP contribution in [0.3, 0.4) is 0 Å². The van der Waals surface area contributed by atoms with Gasteiger partial charge in [0.2, 0.25) is 17.7 Å². The summed E-state index contributed by atoms with van der Waals surface area (Å²) in [5.41, 5.74) is 3.59. The second-order valence-corrected chi connectivity index (χ2v) is 19.4. The Hall–Kier alpha value is -7.06. The van der Waals surface area contributed by atoms with Crippen LogP contribution < -0.4 is 31.3 Å². The van der Waals surface area contributed by atoms with Gasteiger partial charge < -0.3 is 55.7 Å². The Morgan fingerprint density at radius 1 is 0.776 bits per heavy atom. The van der Waals surface area contributed by atoms with E-state index in [1.54, 1.807) is 29.8 Å². The molecule has 3 atom stereocenters. The average Bonchev–Trinajstić information content (AvgIpc) is 4.13. The van der Waals surface area contributed by atoms with Crippen molar-refractivity contribution in [3.63, 3.8) is 0 Å². The number of thioether (sulfide) groups is 1. The highest BCUT2D eigenvalue weighted by Crippen LogP contribution is 2.34. The number of amides is 5. The van der Waals surface area contributed by atoms with E-state index in [0.717, 1.165) is 53.9 Å². The molecule has 408 valence electrons. The Balaban J connectivity index is 0.770. The van der Waals surface area contributed by atoms with Gasteiger partial charge in [-0.15, -0.1) is 21.2 Å². The maximum absolute atomic E-state index is 12.5. The summed E-state index contributed by atoms with van der Waals surface area (Å²) in [4.78, 5) is 60.8. The van der Waals surface area contributed by atoms with Crippen molar-refractivity contribution >= 4 is 58.5 Å². The van der Waals surface area contributed by atoms with Crippen molar-refractivity contribution in [2.45, 2.75) is 108 Å². The van der Waals surface area contributed by atoms with E-state index in [2.05, 4.69) is 59.0 Å². The largest absolute Gasteiger partial charge is 0.508 e. The van der Waals surface area contributed by atoms with Crippen molar-refractivity contribution in [1.82, 2.24) is 36.3 Å². The number of azo groups is 1. The highest BCUT2D eigenvalue weighted by atomic mass is 32.2. The number of fused-ring (bicyclic) bond motifs is 1. The first-order valence-electron chi connectivity index (χ1n) is 25.9. The molecular formula is C54H70N10O11S. The molecule has 2 fully saturated rings. The van der Waals surface area contributed by atoms with Gasteiger partial charge in [0.15, 0.2) is 5.75 Å². The molecule has 2 aliphatic heterocycles. The second-order valence-electron chi connectivity index (χ2n) is 18.1. The van der Waals surface area contributed by atoms with Crippen LogP contribution in [0.5, 0.6) is 11.5 Å². The van der Waals surface area contributed by atoms with Gasteiger partial charge in [-0.3, -0.25) is 19.1 Å². The molecule has 2 unspecified atom stereocenters. The fourth-order valence-electron chi connectivity index (χ4n) is 8.35. The monoisotopic (exact) mass is 1070 g/mol. The van der Waals surface area contributed by atoms with Crippen LogP contribution in [-0.4, -0.2) is 137 Å². The molecule has 2 saturated heterocycles. The number of urea groups is 1. The molecule has 5 amide bonds. The Bertz CT molecular complexity index is 2600. The maximum Gasteiger partial charge on any atom is 0.337 e. The van der Waals surface area contributed by atoms with Crippen LogP contribution in [0.25, 0.3) is 0 Å². The zero-order valence-corrected chi connectivity index (χ0v) is 43.9. The Morgan fingerprint density at radius 2 is 1.47 bits per heavy atom. The van der Waals surface area contributed by atoms with E-state index in [9.17, 15) is 34.2 Å². The SMILES string of the molecule is CC#Cc1ccc(NC(=O)CCCCn2cc(CCCC(=O)NCCCc3ccc(/N=N/c4ccc(O)cc4OCCOCCOCCOCCNC(=O)CCCC[C@@H]4SCC5NC(=O)NC54)c(C(=O)O)c3)nn2)cc1. The summed E-state index contributed by atoms with van der Waals surface area (Å²) in [6, 6.07) is 17.0. The van der Waals surface area contributed by atoms with Gasteiger partial charge in [0.1, 0.15) is 23.7 Å². The van der Waals surface area contributed by atoms with Crippen LogP contribution in [0.1, 0.15) is 98.3 Å². The van der Waals surface area contributed by atoms with E-state index < -0.39 is 5.97 Å². The number of benzene rings is 3. The molecule has 6 rings (SSSR count). The Kier molecular flexibility index (Phi) is 24.8. The first-order chi connectivity index (χ1) is 37.0. The number of rotatable bonds is 35. The number of unbranched alkanes of at least 4 members (excludes halogenated alkanes) is 2. The van der Waals surface area contributed by atoms with Gasteiger partial charge in [-0.05, 0) is 112 Å². The molecule has 7 N–H and O–H groups in total. The zero-order chi connectivity index (χ0) is 53.7. The first-order valence-corrected chi connectivity index (χ1v) is 27.0. The fraction of sp³-hybridized carbons (Fsp3) is 0.500. The molecule has 3 aromatic carbocycles. The van der Waals surface area contributed by atoms with Crippen LogP contribution in [0, 0.1) is 11.8 Å². The molecule has 0 spiro atoms. The third-order valence-corrected chi connectivity index (χ3v) is 13.8. The molecule has 0 aliphatic carbocycles. The van der Waals surface area contributed by atoms with E-state index in [0.29, 0.717) is 109 Å². The Labute approximate surface area is 447 Å². The fourth-order valence-corrected chi connectivity index (χ4v) is 9.89. The van der Waals surface area contributed by atoms with Crippen LogP contribution in [0.15, 0.2) is 77.1 Å². The van der Waals surface area contributed by atoms with E-state index in [1.807, 2.05) is 42.2 Å². The van der Waals surface area contributed by atoms with Crippen molar-refractivity contribution in [3.05, 3.63) is 89.2 Å². The summed E-state index contributed by atoms with van der Waals surface area (Å²) in [5, 5.41) is 52.0. The van der Waals surface area contributed by atoms with Crippen molar-refractivity contribution < 1.29 is 53.1 Å². The lowest BCUT2D eigenvalue weighted by molar-refractivity contribution is -0.122. The molecule has 0 radical (unpaired) electrons. The number of ether oxygens (including phenoxy) is 4. The minimum atomic E-state index is -1.17.